The standard InChI is InChI=1S/C17H24N4O3/c1-13(22)14-5-3-4-6-15(14)19-16(23)11-20(2)12-17(24)21-9-7-18-8-10-21/h3-6,18H,7-12H2,1-2H3,(H,19,23). The number of hydrogen-bond acceptors (Lipinski definition) is 5. The largest absolute Gasteiger partial charge is 0.339 e. The molecule has 2 amide bonds. The molecule has 1 aromatic rings. The molecule has 24 heavy (non-hydrogen) atoms. The Hall–Kier alpha value is -2.25. The van der Waals surface area contributed by atoms with Gasteiger partial charge >= 0.3 is 0 Å². The SMILES string of the molecule is CC(=O)c1ccccc1NC(=O)CN(C)CC(=O)N1CCNCC1. The lowest BCUT2D eigenvalue weighted by atomic mass is 10.1. The molecule has 0 spiro atoms. The van der Waals surface area contributed by atoms with Crippen molar-refractivity contribution in [1.82, 2.24) is 15.1 Å². The van der Waals surface area contributed by atoms with Crippen LogP contribution in [0.25, 0.3) is 0 Å². The molecule has 130 valence electrons. The van der Waals surface area contributed by atoms with E-state index in [1.165, 1.54) is 6.92 Å². The zero-order valence-corrected chi connectivity index (χ0v) is 14.2. The zero-order chi connectivity index (χ0) is 17.5. The lowest BCUT2D eigenvalue weighted by Gasteiger charge is -2.29. The Labute approximate surface area is 142 Å². The van der Waals surface area contributed by atoms with Crippen molar-refractivity contribution in [3.63, 3.8) is 0 Å². The van der Waals surface area contributed by atoms with Gasteiger partial charge in [-0.2, -0.15) is 0 Å². The molecule has 1 aliphatic heterocycles. The van der Waals surface area contributed by atoms with Gasteiger partial charge in [0.2, 0.25) is 11.8 Å². The third-order valence-electron chi connectivity index (χ3n) is 3.87. The second-order valence-corrected chi connectivity index (χ2v) is 5.95. The predicted molar refractivity (Wildman–Crippen MR) is 92.0 cm³/mol. The molecule has 1 aromatic carbocycles. The highest BCUT2D eigenvalue weighted by Gasteiger charge is 2.19. The number of anilines is 1. The van der Waals surface area contributed by atoms with Gasteiger partial charge in [0.15, 0.2) is 5.78 Å². The molecule has 0 aliphatic carbocycles. The van der Waals surface area contributed by atoms with Crippen LogP contribution in [0, 0.1) is 0 Å². The maximum absolute atomic E-state index is 12.2. The van der Waals surface area contributed by atoms with Crippen LogP contribution in [0.3, 0.4) is 0 Å². The number of para-hydroxylation sites is 1. The number of piperazine rings is 1. The topological polar surface area (TPSA) is 81.8 Å². The van der Waals surface area contributed by atoms with Crippen molar-refractivity contribution >= 4 is 23.3 Å². The number of carbonyl (C=O) groups excluding carboxylic acids is 3. The monoisotopic (exact) mass is 332 g/mol. The van der Waals surface area contributed by atoms with Crippen LogP contribution in [0.4, 0.5) is 5.69 Å². The second-order valence-electron chi connectivity index (χ2n) is 5.95. The summed E-state index contributed by atoms with van der Waals surface area (Å²) in [4.78, 5) is 39.4. The van der Waals surface area contributed by atoms with Gasteiger partial charge in [0.05, 0.1) is 18.8 Å². The minimum Gasteiger partial charge on any atom is -0.339 e. The van der Waals surface area contributed by atoms with Gasteiger partial charge in [-0.3, -0.25) is 19.3 Å². The van der Waals surface area contributed by atoms with Crippen LogP contribution in [0.15, 0.2) is 24.3 Å². The fraction of sp³-hybridized carbons (Fsp3) is 0.471. The minimum absolute atomic E-state index is 0.0240. The van der Waals surface area contributed by atoms with Crippen molar-refractivity contribution in [1.29, 1.82) is 0 Å². The average molecular weight is 332 g/mol. The van der Waals surface area contributed by atoms with Crippen molar-refractivity contribution < 1.29 is 14.4 Å². The number of nitrogens with zero attached hydrogens (tertiary/aromatic N) is 2. The van der Waals surface area contributed by atoms with Gasteiger partial charge in [0.25, 0.3) is 0 Å². The van der Waals surface area contributed by atoms with E-state index in [2.05, 4.69) is 10.6 Å². The van der Waals surface area contributed by atoms with Crippen LogP contribution in [0.2, 0.25) is 0 Å². The van der Waals surface area contributed by atoms with Crippen LogP contribution in [0.5, 0.6) is 0 Å². The molecule has 7 nitrogen and oxygen atoms in total. The number of ketones is 1. The lowest BCUT2D eigenvalue weighted by molar-refractivity contribution is -0.133. The average Bonchev–Trinajstić information content (AvgIpc) is 2.55. The maximum Gasteiger partial charge on any atom is 0.238 e. The van der Waals surface area contributed by atoms with Gasteiger partial charge in [-0.1, -0.05) is 12.1 Å². The highest BCUT2D eigenvalue weighted by atomic mass is 16.2. The van der Waals surface area contributed by atoms with E-state index in [9.17, 15) is 14.4 Å². The van der Waals surface area contributed by atoms with E-state index in [1.54, 1.807) is 41.1 Å². The molecule has 1 fully saturated rings. The molecule has 1 aliphatic rings. The van der Waals surface area contributed by atoms with Crippen molar-refractivity contribution in [3.8, 4) is 0 Å². The Balaban J connectivity index is 1.85. The number of amides is 2. The Bertz CT molecular complexity index is 612. The number of benzene rings is 1. The van der Waals surface area contributed by atoms with E-state index in [0.29, 0.717) is 24.3 Å². The Morgan fingerprint density at radius 3 is 2.50 bits per heavy atom. The first-order chi connectivity index (χ1) is 11.5. The van der Waals surface area contributed by atoms with Crippen molar-refractivity contribution in [3.05, 3.63) is 29.8 Å². The van der Waals surface area contributed by atoms with Crippen LogP contribution in [0.1, 0.15) is 17.3 Å². The summed E-state index contributed by atoms with van der Waals surface area (Å²) in [6.45, 7) is 4.75. The van der Waals surface area contributed by atoms with Crippen molar-refractivity contribution in [2.24, 2.45) is 0 Å². The molecule has 0 unspecified atom stereocenters. The van der Waals surface area contributed by atoms with E-state index < -0.39 is 0 Å². The van der Waals surface area contributed by atoms with Crippen LogP contribution in [-0.2, 0) is 9.59 Å². The summed E-state index contributed by atoms with van der Waals surface area (Å²) in [5, 5.41) is 5.94. The molecule has 7 heteroatoms. The van der Waals surface area contributed by atoms with Crippen molar-refractivity contribution in [2.75, 3.05) is 51.6 Å². The zero-order valence-electron chi connectivity index (χ0n) is 14.2. The minimum atomic E-state index is -0.251. The molecule has 0 atom stereocenters. The first-order valence-electron chi connectivity index (χ1n) is 8.04. The number of Topliss-reactive ketones (excluding diaryl/α,β-unsaturated/α-hetero) is 1. The molecule has 0 aromatic heterocycles. The summed E-state index contributed by atoms with van der Waals surface area (Å²) < 4.78 is 0. The molecule has 0 saturated carbocycles. The van der Waals surface area contributed by atoms with E-state index in [-0.39, 0.29) is 30.7 Å². The molecule has 0 radical (unpaired) electrons. The van der Waals surface area contributed by atoms with Crippen LogP contribution in [-0.4, -0.2) is 73.7 Å². The Morgan fingerprint density at radius 1 is 1.17 bits per heavy atom. The third kappa shape index (κ3) is 5.14. The maximum atomic E-state index is 12.2. The number of rotatable bonds is 6. The van der Waals surface area contributed by atoms with Crippen LogP contribution >= 0.6 is 0 Å². The summed E-state index contributed by atoms with van der Waals surface area (Å²) in [7, 11) is 1.73. The summed E-state index contributed by atoms with van der Waals surface area (Å²) in [5.41, 5.74) is 0.974. The Kier molecular flexibility index (Phi) is 6.45. The van der Waals surface area contributed by atoms with Gasteiger partial charge in [-0.25, -0.2) is 0 Å². The number of carbonyl (C=O) groups is 3. The first kappa shape index (κ1) is 18.1. The van der Waals surface area contributed by atoms with E-state index in [4.69, 9.17) is 0 Å². The van der Waals surface area contributed by atoms with Gasteiger partial charge in [0, 0.05) is 31.7 Å². The van der Waals surface area contributed by atoms with Crippen molar-refractivity contribution in [2.45, 2.75) is 6.92 Å². The molecular weight excluding hydrogens is 308 g/mol. The summed E-state index contributed by atoms with van der Waals surface area (Å²) in [6.07, 6.45) is 0. The van der Waals surface area contributed by atoms with Gasteiger partial charge in [-0.05, 0) is 26.1 Å². The van der Waals surface area contributed by atoms with Crippen LogP contribution < -0.4 is 10.6 Å². The molecular formula is C17H24N4O3. The molecule has 2 N–H and O–H groups in total. The van der Waals surface area contributed by atoms with E-state index in [1.807, 2.05) is 0 Å². The van der Waals surface area contributed by atoms with E-state index >= 15 is 0 Å². The first-order valence-corrected chi connectivity index (χ1v) is 8.04. The fourth-order valence-electron chi connectivity index (χ4n) is 2.64. The third-order valence-corrected chi connectivity index (χ3v) is 3.87. The normalized spacial score (nSPS) is 14.5. The van der Waals surface area contributed by atoms with Gasteiger partial charge in [-0.15, -0.1) is 0 Å². The number of likely N-dealkylation sites (N-methyl/N-ethyl adjacent to an activating group) is 1. The summed E-state index contributed by atoms with van der Waals surface area (Å²) in [5.74, 6) is -0.330. The summed E-state index contributed by atoms with van der Waals surface area (Å²) >= 11 is 0. The highest BCUT2D eigenvalue weighted by Crippen LogP contribution is 2.15. The van der Waals surface area contributed by atoms with Gasteiger partial charge < -0.3 is 15.5 Å². The molecule has 1 saturated heterocycles. The molecule has 0 bridgehead atoms. The predicted octanol–water partition coefficient (Wildman–Crippen LogP) is 0.191. The fourth-order valence-corrected chi connectivity index (χ4v) is 2.64. The summed E-state index contributed by atoms with van der Waals surface area (Å²) in [6, 6.07) is 6.89. The lowest BCUT2D eigenvalue weighted by Crippen LogP contribution is -2.49. The second kappa shape index (κ2) is 8.56. The quantitative estimate of drug-likeness (QED) is 0.727. The highest BCUT2D eigenvalue weighted by molar-refractivity contribution is 6.04. The van der Waals surface area contributed by atoms with E-state index in [0.717, 1.165) is 13.1 Å². The Morgan fingerprint density at radius 2 is 1.83 bits per heavy atom. The van der Waals surface area contributed by atoms with Gasteiger partial charge in [0.1, 0.15) is 0 Å². The number of hydrogen-bond donors (Lipinski definition) is 2. The smallest absolute Gasteiger partial charge is 0.238 e. The molecule has 1 heterocycles. The molecule has 2 rings (SSSR count). The number of nitrogens with one attached hydrogen (secondary N) is 2.